The number of anilines is 1. The first-order chi connectivity index (χ1) is 7.70. The summed E-state index contributed by atoms with van der Waals surface area (Å²) < 4.78 is 0. The number of nitrogens with zero attached hydrogens (tertiary/aromatic N) is 2. The molecule has 0 saturated carbocycles. The number of nitrogens with two attached hydrogens (primary N) is 1. The van der Waals surface area contributed by atoms with Gasteiger partial charge in [0.15, 0.2) is 0 Å². The quantitative estimate of drug-likeness (QED) is 0.862. The molecule has 16 heavy (non-hydrogen) atoms. The van der Waals surface area contributed by atoms with Gasteiger partial charge in [0.1, 0.15) is 5.82 Å². The predicted octanol–water partition coefficient (Wildman–Crippen LogP) is 2.44. The van der Waals surface area contributed by atoms with Crippen molar-refractivity contribution in [3.63, 3.8) is 0 Å². The minimum absolute atomic E-state index is 0.151. The van der Waals surface area contributed by atoms with Crippen molar-refractivity contribution in [3.05, 3.63) is 23.4 Å². The summed E-state index contributed by atoms with van der Waals surface area (Å²) in [6.45, 7) is 3.06. The van der Waals surface area contributed by atoms with Crippen molar-refractivity contribution >= 4 is 17.4 Å². The van der Waals surface area contributed by atoms with Gasteiger partial charge in [0.2, 0.25) is 0 Å². The van der Waals surface area contributed by atoms with Crippen LogP contribution in [0, 0.1) is 0 Å². The zero-order valence-corrected chi connectivity index (χ0v) is 10.3. The van der Waals surface area contributed by atoms with Crippen molar-refractivity contribution in [1.29, 1.82) is 0 Å². The lowest BCUT2D eigenvalue weighted by Gasteiger charge is -2.39. The fourth-order valence-corrected chi connectivity index (χ4v) is 2.59. The fraction of sp³-hybridized carbons (Fsp3) is 0.583. The summed E-state index contributed by atoms with van der Waals surface area (Å²) in [6, 6.07) is 4.26. The monoisotopic (exact) mass is 239 g/mol. The molecule has 2 heterocycles. The van der Waals surface area contributed by atoms with Crippen molar-refractivity contribution in [3.8, 4) is 0 Å². The topological polar surface area (TPSA) is 42.1 Å². The average molecular weight is 240 g/mol. The van der Waals surface area contributed by atoms with E-state index in [1.807, 2.05) is 12.1 Å². The lowest BCUT2D eigenvalue weighted by molar-refractivity contribution is 0.411. The Hall–Kier alpha value is -0.800. The number of hydrogen-bond acceptors (Lipinski definition) is 3. The van der Waals surface area contributed by atoms with Crippen LogP contribution in [0.5, 0.6) is 0 Å². The van der Waals surface area contributed by atoms with Gasteiger partial charge in [-0.25, -0.2) is 4.98 Å². The molecule has 0 aromatic carbocycles. The number of pyridine rings is 1. The molecule has 3 nitrogen and oxygen atoms in total. The molecule has 1 fully saturated rings. The zero-order valence-electron chi connectivity index (χ0n) is 9.56. The Bertz CT molecular complexity index is 354. The first kappa shape index (κ1) is 11.7. The summed E-state index contributed by atoms with van der Waals surface area (Å²) in [4.78, 5) is 6.63. The third kappa shape index (κ3) is 2.30. The fourth-order valence-electron chi connectivity index (χ4n) is 2.36. The van der Waals surface area contributed by atoms with Gasteiger partial charge in [-0.3, -0.25) is 0 Å². The van der Waals surface area contributed by atoms with Crippen molar-refractivity contribution in [1.82, 2.24) is 4.98 Å². The van der Waals surface area contributed by atoms with E-state index in [1.54, 1.807) is 6.20 Å². The Kier molecular flexibility index (Phi) is 3.66. The first-order valence-corrected chi connectivity index (χ1v) is 6.20. The van der Waals surface area contributed by atoms with Gasteiger partial charge < -0.3 is 10.6 Å². The number of hydrogen-bond donors (Lipinski definition) is 1. The Morgan fingerprint density at radius 1 is 1.56 bits per heavy atom. The normalized spacial score (nSPS) is 23.2. The second-order valence-electron chi connectivity index (χ2n) is 4.42. The van der Waals surface area contributed by atoms with Gasteiger partial charge in [-0.2, -0.15) is 0 Å². The summed E-state index contributed by atoms with van der Waals surface area (Å²) in [5, 5.41) is 0.718. The number of aromatic nitrogens is 1. The molecule has 1 aliphatic rings. The van der Waals surface area contributed by atoms with Gasteiger partial charge >= 0.3 is 0 Å². The molecule has 2 unspecified atom stereocenters. The van der Waals surface area contributed by atoms with E-state index in [9.17, 15) is 0 Å². The molecule has 0 amide bonds. The lowest BCUT2D eigenvalue weighted by Crippen LogP contribution is -2.49. The minimum atomic E-state index is 0.151. The van der Waals surface area contributed by atoms with Crippen LogP contribution in [-0.4, -0.2) is 23.6 Å². The molecular weight excluding hydrogens is 222 g/mol. The van der Waals surface area contributed by atoms with Crippen LogP contribution in [0.25, 0.3) is 0 Å². The smallest absolute Gasteiger partial charge is 0.147 e. The summed E-state index contributed by atoms with van der Waals surface area (Å²) in [6.07, 6.45) is 5.35. The van der Waals surface area contributed by atoms with Gasteiger partial charge in [0, 0.05) is 24.8 Å². The molecule has 2 N–H and O–H groups in total. The molecule has 2 rings (SSSR count). The van der Waals surface area contributed by atoms with Gasteiger partial charge in [0.25, 0.3) is 0 Å². The molecule has 0 bridgehead atoms. The van der Waals surface area contributed by atoms with Gasteiger partial charge in [-0.05, 0) is 38.3 Å². The molecule has 4 heteroatoms. The highest BCUT2D eigenvalue weighted by atomic mass is 35.5. The molecule has 88 valence electrons. The van der Waals surface area contributed by atoms with E-state index in [2.05, 4.69) is 16.8 Å². The Balaban J connectivity index is 2.27. The Morgan fingerprint density at radius 2 is 2.38 bits per heavy atom. The summed E-state index contributed by atoms with van der Waals surface area (Å²) in [5.74, 6) is 0.881. The average Bonchev–Trinajstić information content (AvgIpc) is 2.29. The van der Waals surface area contributed by atoms with Crippen molar-refractivity contribution in [2.24, 2.45) is 5.73 Å². The molecule has 0 spiro atoms. The Labute approximate surface area is 102 Å². The Morgan fingerprint density at radius 3 is 3.06 bits per heavy atom. The predicted molar refractivity (Wildman–Crippen MR) is 67.9 cm³/mol. The third-order valence-corrected chi connectivity index (χ3v) is 3.46. The van der Waals surface area contributed by atoms with Crippen LogP contribution >= 0.6 is 11.6 Å². The second-order valence-corrected chi connectivity index (χ2v) is 4.83. The summed E-state index contributed by atoms with van der Waals surface area (Å²) in [5.41, 5.74) is 6.03. The van der Waals surface area contributed by atoms with Crippen LogP contribution < -0.4 is 10.6 Å². The lowest BCUT2D eigenvalue weighted by atomic mass is 9.97. The standard InChI is InChI=1S/C12H18ClN3/c1-9(14)11-6-2-3-8-16(11)12-10(13)5-4-7-15-12/h4-5,7,9,11H,2-3,6,8,14H2,1H3. The molecule has 2 atom stereocenters. The van der Waals surface area contributed by atoms with E-state index < -0.39 is 0 Å². The van der Waals surface area contributed by atoms with Crippen LogP contribution in [-0.2, 0) is 0 Å². The summed E-state index contributed by atoms with van der Waals surface area (Å²) in [7, 11) is 0. The molecule has 1 aromatic rings. The van der Waals surface area contributed by atoms with Crippen LogP contribution in [0.2, 0.25) is 5.02 Å². The van der Waals surface area contributed by atoms with Gasteiger partial charge in [-0.15, -0.1) is 0 Å². The molecule has 1 saturated heterocycles. The highest BCUT2D eigenvalue weighted by Crippen LogP contribution is 2.29. The van der Waals surface area contributed by atoms with Gasteiger partial charge in [-0.1, -0.05) is 11.6 Å². The molecule has 0 radical (unpaired) electrons. The highest BCUT2D eigenvalue weighted by Gasteiger charge is 2.27. The largest absolute Gasteiger partial charge is 0.351 e. The van der Waals surface area contributed by atoms with E-state index >= 15 is 0 Å². The zero-order chi connectivity index (χ0) is 11.5. The van der Waals surface area contributed by atoms with Gasteiger partial charge in [0.05, 0.1) is 5.02 Å². The molecule has 0 aliphatic carbocycles. The first-order valence-electron chi connectivity index (χ1n) is 5.83. The highest BCUT2D eigenvalue weighted by molar-refractivity contribution is 6.32. The molecule has 1 aromatic heterocycles. The van der Waals surface area contributed by atoms with Crippen LogP contribution in [0.4, 0.5) is 5.82 Å². The maximum Gasteiger partial charge on any atom is 0.147 e. The third-order valence-electron chi connectivity index (χ3n) is 3.17. The second kappa shape index (κ2) is 5.02. The van der Waals surface area contributed by atoms with E-state index in [1.165, 1.54) is 12.8 Å². The van der Waals surface area contributed by atoms with Crippen LogP contribution in [0.15, 0.2) is 18.3 Å². The van der Waals surface area contributed by atoms with E-state index in [4.69, 9.17) is 17.3 Å². The number of piperidine rings is 1. The number of rotatable bonds is 2. The van der Waals surface area contributed by atoms with E-state index in [0.29, 0.717) is 6.04 Å². The maximum atomic E-state index is 6.18. The van der Waals surface area contributed by atoms with Crippen molar-refractivity contribution in [2.75, 3.05) is 11.4 Å². The number of halogens is 1. The van der Waals surface area contributed by atoms with E-state index in [0.717, 1.165) is 23.8 Å². The van der Waals surface area contributed by atoms with Crippen LogP contribution in [0.3, 0.4) is 0 Å². The van der Waals surface area contributed by atoms with E-state index in [-0.39, 0.29) is 6.04 Å². The minimum Gasteiger partial charge on any atom is -0.351 e. The van der Waals surface area contributed by atoms with Crippen molar-refractivity contribution in [2.45, 2.75) is 38.3 Å². The van der Waals surface area contributed by atoms with Crippen molar-refractivity contribution < 1.29 is 0 Å². The summed E-state index contributed by atoms with van der Waals surface area (Å²) >= 11 is 6.18. The SMILES string of the molecule is CC(N)C1CCCCN1c1ncccc1Cl. The molecular formula is C12H18ClN3. The molecule has 1 aliphatic heterocycles. The van der Waals surface area contributed by atoms with Crippen LogP contribution in [0.1, 0.15) is 26.2 Å². The maximum absolute atomic E-state index is 6.18.